The van der Waals surface area contributed by atoms with Gasteiger partial charge in [-0.1, -0.05) is 16.8 Å². The molecule has 1 N–H and O–H groups in total. The molecule has 108 valence electrons. The maximum Gasteiger partial charge on any atom is 0.230 e. The second kappa shape index (κ2) is 7.15. The predicted molar refractivity (Wildman–Crippen MR) is 83.3 cm³/mol. The summed E-state index contributed by atoms with van der Waals surface area (Å²) < 4.78 is 5.82. The van der Waals surface area contributed by atoms with E-state index >= 15 is 0 Å². The molecule has 20 heavy (non-hydrogen) atoms. The van der Waals surface area contributed by atoms with E-state index in [0.29, 0.717) is 12.3 Å². The molecule has 4 nitrogen and oxygen atoms in total. The number of hydrogen-bond donors (Lipinski definition) is 1. The number of aryl methyl sites for hydroxylation is 2. The standard InChI is InChI=1S/C13H15ClN2O2S2/c1-8-11(9(2)18-16-8)6-19-7-13(17)15-5-10-3-4-12(14)20-10/h3-4H,5-7H2,1-2H3,(H,15,17). The quantitative estimate of drug-likeness (QED) is 0.880. The number of carbonyl (C=O) groups is 1. The van der Waals surface area contributed by atoms with Crippen LogP contribution in [0.5, 0.6) is 0 Å². The van der Waals surface area contributed by atoms with Gasteiger partial charge in [0.15, 0.2) is 0 Å². The lowest BCUT2D eigenvalue weighted by molar-refractivity contribution is -0.118. The number of nitrogens with one attached hydrogen (secondary N) is 1. The molecule has 0 aliphatic rings. The summed E-state index contributed by atoms with van der Waals surface area (Å²) in [5.41, 5.74) is 1.97. The van der Waals surface area contributed by atoms with E-state index in [4.69, 9.17) is 16.1 Å². The van der Waals surface area contributed by atoms with E-state index in [1.54, 1.807) is 11.8 Å². The third kappa shape index (κ3) is 4.26. The zero-order chi connectivity index (χ0) is 14.5. The Balaban J connectivity index is 1.70. The molecule has 0 spiro atoms. The smallest absolute Gasteiger partial charge is 0.230 e. The fourth-order valence-corrected chi connectivity index (χ4v) is 3.67. The minimum Gasteiger partial charge on any atom is -0.361 e. The van der Waals surface area contributed by atoms with Crippen molar-refractivity contribution in [3.8, 4) is 0 Å². The summed E-state index contributed by atoms with van der Waals surface area (Å²) in [6, 6.07) is 3.75. The van der Waals surface area contributed by atoms with Gasteiger partial charge in [-0.25, -0.2) is 0 Å². The Morgan fingerprint density at radius 3 is 2.90 bits per heavy atom. The Morgan fingerprint density at radius 2 is 2.30 bits per heavy atom. The van der Waals surface area contributed by atoms with Crippen LogP contribution in [0.1, 0.15) is 21.9 Å². The van der Waals surface area contributed by atoms with Crippen molar-refractivity contribution in [2.45, 2.75) is 26.1 Å². The van der Waals surface area contributed by atoms with Crippen LogP contribution < -0.4 is 5.32 Å². The van der Waals surface area contributed by atoms with E-state index in [1.807, 2.05) is 26.0 Å². The van der Waals surface area contributed by atoms with Crippen LogP contribution >= 0.6 is 34.7 Å². The summed E-state index contributed by atoms with van der Waals surface area (Å²) in [7, 11) is 0. The van der Waals surface area contributed by atoms with Gasteiger partial charge < -0.3 is 9.84 Å². The molecule has 2 heterocycles. The van der Waals surface area contributed by atoms with Crippen LogP contribution in [0.3, 0.4) is 0 Å². The summed E-state index contributed by atoms with van der Waals surface area (Å²) in [6.45, 7) is 4.32. The van der Waals surface area contributed by atoms with Crippen LogP contribution in [0.15, 0.2) is 16.7 Å². The molecule has 0 saturated carbocycles. The largest absolute Gasteiger partial charge is 0.361 e. The number of hydrogen-bond acceptors (Lipinski definition) is 5. The van der Waals surface area contributed by atoms with Crippen molar-refractivity contribution in [2.75, 3.05) is 5.75 Å². The molecule has 0 unspecified atom stereocenters. The summed E-state index contributed by atoms with van der Waals surface area (Å²) in [5.74, 6) is 2.00. The zero-order valence-electron chi connectivity index (χ0n) is 11.2. The van der Waals surface area contributed by atoms with Gasteiger partial charge in [0, 0.05) is 16.2 Å². The summed E-state index contributed by atoms with van der Waals surface area (Å²) >= 11 is 8.86. The molecule has 0 aliphatic heterocycles. The fraction of sp³-hybridized carbons (Fsp3) is 0.385. The monoisotopic (exact) mass is 330 g/mol. The highest BCUT2D eigenvalue weighted by Gasteiger charge is 2.10. The van der Waals surface area contributed by atoms with Crippen LogP contribution in [0.2, 0.25) is 4.34 Å². The normalized spacial score (nSPS) is 10.8. The average molecular weight is 331 g/mol. The van der Waals surface area contributed by atoms with E-state index in [2.05, 4.69) is 10.5 Å². The van der Waals surface area contributed by atoms with E-state index in [0.717, 1.165) is 32.0 Å². The Labute approximate surface area is 130 Å². The fourth-order valence-electron chi connectivity index (χ4n) is 1.64. The number of carbonyl (C=O) groups excluding carboxylic acids is 1. The average Bonchev–Trinajstić information content (AvgIpc) is 2.96. The van der Waals surface area contributed by atoms with Gasteiger partial charge in [-0.05, 0) is 26.0 Å². The van der Waals surface area contributed by atoms with Crippen molar-refractivity contribution < 1.29 is 9.32 Å². The molecule has 2 aromatic rings. The first-order chi connectivity index (χ1) is 9.56. The van der Waals surface area contributed by atoms with Gasteiger partial charge in [0.05, 0.1) is 22.3 Å². The number of thiophene rings is 1. The Kier molecular flexibility index (Phi) is 5.51. The third-order valence-electron chi connectivity index (χ3n) is 2.75. The Morgan fingerprint density at radius 1 is 1.50 bits per heavy atom. The van der Waals surface area contributed by atoms with Gasteiger partial charge in [-0.2, -0.15) is 0 Å². The molecule has 2 aromatic heterocycles. The van der Waals surface area contributed by atoms with Crippen LogP contribution in [-0.2, 0) is 17.1 Å². The number of halogens is 1. The van der Waals surface area contributed by atoms with Crippen LogP contribution in [-0.4, -0.2) is 16.8 Å². The number of thioether (sulfide) groups is 1. The molecule has 0 fully saturated rings. The van der Waals surface area contributed by atoms with Gasteiger partial charge in [-0.15, -0.1) is 23.1 Å². The van der Waals surface area contributed by atoms with Gasteiger partial charge in [-0.3, -0.25) is 4.79 Å². The molecular formula is C13H15ClN2O2S2. The lowest BCUT2D eigenvalue weighted by atomic mass is 10.2. The summed E-state index contributed by atoms with van der Waals surface area (Å²) in [5, 5.41) is 6.77. The molecule has 0 radical (unpaired) electrons. The predicted octanol–water partition coefficient (Wildman–Crippen LogP) is 3.56. The van der Waals surface area contributed by atoms with Gasteiger partial charge in [0.25, 0.3) is 0 Å². The summed E-state index contributed by atoms with van der Waals surface area (Å²) in [4.78, 5) is 12.8. The van der Waals surface area contributed by atoms with E-state index in [-0.39, 0.29) is 5.91 Å². The zero-order valence-corrected chi connectivity index (χ0v) is 13.6. The highest BCUT2D eigenvalue weighted by Crippen LogP contribution is 2.21. The van der Waals surface area contributed by atoms with E-state index in [1.165, 1.54) is 11.3 Å². The first-order valence-electron chi connectivity index (χ1n) is 6.06. The van der Waals surface area contributed by atoms with Crippen molar-refractivity contribution in [3.05, 3.63) is 38.4 Å². The van der Waals surface area contributed by atoms with E-state index in [9.17, 15) is 4.79 Å². The number of nitrogens with zero attached hydrogens (tertiary/aromatic N) is 1. The maximum absolute atomic E-state index is 11.7. The molecule has 0 bridgehead atoms. The molecular weight excluding hydrogens is 316 g/mol. The highest BCUT2D eigenvalue weighted by molar-refractivity contribution is 7.99. The first kappa shape index (κ1) is 15.4. The number of aromatic nitrogens is 1. The van der Waals surface area contributed by atoms with Crippen LogP contribution in [0.25, 0.3) is 0 Å². The van der Waals surface area contributed by atoms with Crippen LogP contribution in [0.4, 0.5) is 0 Å². The summed E-state index contributed by atoms with van der Waals surface area (Å²) in [6.07, 6.45) is 0. The van der Waals surface area contributed by atoms with Gasteiger partial charge in [0.2, 0.25) is 5.91 Å². The maximum atomic E-state index is 11.7. The molecule has 0 aliphatic carbocycles. The first-order valence-corrected chi connectivity index (χ1v) is 8.41. The molecule has 7 heteroatoms. The topological polar surface area (TPSA) is 55.1 Å². The van der Waals surface area contributed by atoms with Crippen molar-refractivity contribution in [1.82, 2.24) is 10.5 Å². The number of amides is 1. The Bertz CT molecular complexity index is 575. The SMILES string of the molecule is Cc1noc(C)c1CSCC(=O)NCc1ccc(Cl)s1. The van der Waals surface area contributed by atoms with Gasteiger partial charge >= 0.3 is 0 Å². The molecule has 0 saturated heterocycles. The molecule has 2 rings (SSSR count). The van der Waals surface area contributed by atoms with Crippen molar-refractivity contribution in [3.63, 3.8) is 0 Å². The molecule has 0 atom stereocenters. The lowest BCUT2D eigenvalue weighted by Crippen LogP contribution is -2.24. The lowest BCUT2D eigenvalue weighted by Gasteiger charge is -2.03. The second-order valence-electron chi connectivity index (χ2n) is 4.28. The highest BCUT2D eigenvalue weighted by atomic mass is 35.5. The van der Waals surface area contributed by atoms with Crippen molar-refractivity contribution in [2.24, 2.45) is 0 Å². The minimum absolute atomic E-state index is 0.0197. The van der Waals surface area contributed by atoms with Gasteiger partial charge in [0.1, 0.15) is 5.76 Å². The third-order valence-corrected chi connectivity index (χ3v) is 4.94. The Hall–Kier alpha value is -0.980. The minimum atomic E-state index is 0.0197. The van der Waals surface area contributed by atoms with Crippen molar-refractivity contribution >= 4 is 40.6 Å². The van der Waals surface area contributed by atoms with Crippen molar-refractivity contribution in [1.29, 1.82) is 0 Å². The second-order valence-corrected chi connectivity index (χ2v) is 7.06. The number of rotatable bonds is 6. The van der Waals surface area contributed by atoms with Crippen LogP contribution in [0, 0.1) is 13.8 Å². The molecule has 0 aromatic carbocycles. The van der Waals surface area contributed by atoms with E-state index < -0.39 is 0 Å². The molecule has 1 amide bonds.